The van der Waals surface area contributed by atoms with Gasteiger partial charge in [0.05, 0.1) is 0 Å². The van der Waals surface area contributed by atoms with E-state index in [2.05, 4.69) is 0 Å². The molecule has 0 unspecified atom stereocenters. The summed E-state index contributed by atoms with van der Waals surface area (Å²) in [6, 6.07) is 0. The molecule has 0 atom stereocenters. The Morgan fingerprint density at radius 3 is 0.833 bits per heavy atom. The average Bonchev–Trinajstić information content (AvgIpc) is 0. The van der Waals surface area contributed by atoms with Crippen molar-refractivity contribution in [2.45, 2.75) is 0 Å². The van der Waals surface area contributed by atoms with Gasteiger partial charge in [0.15, 0.2) is 0 Å². The fraction of sp³-hybridized carbons (Fsp3) is 0. The molecule has 26 valence electrons. The van der Waals surface area contributed by atoms with E-state index in [0.717, 1.165) is 0 Å². The zero-order valence-electron chi connectivity index (χ0n) is 2.97. The molecular weight excluding hydrogens is 408 g/mol. The van der Waals surface area contributed by atoms with Crippen LogP contribution in [-0.4, -0.2) is 87.1 Å². The molecule has 0 N–H and O–H groups in total. The second kappa shape index (κ2) is 46.4. The van der Waals surface area contributed by atoms with Crippen LogP contribution < -0.4 is 0 Å². The van der Waals surface area contributed by atoms with Gasteiger partial charge in [-0.2, -0.15) is 0 Å². The standard InChI is InChI=1S/Ga.Ge.In.2O.Sn/q;;;2*-2;+4. The molecule has 0 aliphatic rings. The molecule has 0 saturated carbocycles. The second-order valence-electron chi connectivity index (χ2n) is 0. The molecule has 0 aromatic rings. The van der Waals surface area contributed by atoms with E-state index in [-0.39, 0.29) is 98.1 Å². The second-order valence-corrected chi connectivity index (χ2v) is 0. The first kappa shape index (κ1) is 69.1. The Labute approximate surface area is 96.6 Å². The minimum atomic E-state index is 0. The maximum atomic E-state index is 0. The Morgan fingerprint density at radius 2 is 0.833 bits per heavy atom. The van der Waals surface area contributed by atoms with Crippen LogP contribution in [0.4, 0.5) is 0 Å². The van der Waals surface area contributed by atoms with Crippen LogP contribution in [0.5, 0.6) is 0 Å². The van der Waals surface area contributed by atoms with E-state index in [0.29, 0.717) is 0 Å². The van der Waals surface area contributed by atoms with Crippen LogP contribution in [0.25, 0.3) is 0 Å². The van der Waals surface area contributed by atoms with E-state index in [1.165, 1.54) is 0 Å². The SMILES string of the molecule is [Ga].[Ge].[In].[O-2].[O-2].[Sn+4]. The van der Waals surface area contributed by atoms with Crippen molar-refractivity contribution in [3.63, 3.8) is 0 Å². The summed E-state index contributed by atoms with van der Waals surface area (Å²) >= 11 is 0. The quantitative estimate of drug-likeness (QED) is 0.427. The first-order chi connectivity index (χ1) is 0. The molecule has 0 aliphatic heterocycles. The number of rotatable bonds is 0. The molecule has 0 bridgehead atoms. The Hall–Kier alpha value is 2.77. The van der Waals surface area contributed by atoms with Crippen molar-refractivity contribution in [1.82, 2.24) is 0 Å². The fourth-order valence-electron chi connectivity index (χ4n) is 0. The van der Waals surface area contributed by atoms with Gasteiger partial charge in [-0.05, 0) is 0 Å². The molecule has 0 spiro atoms. The minimum Gasteiger partial charge on any atom is -2.00 e. The van der Waals surface area contributed by atoms with E-state index in [1.807, 2.05) is 0 Å². The first-order valence-electron chi connectivity index (χ1n) is 0. The minimum absolute atomic E-state index is 0. The predicted octanol–water partition coefficient (Wildman–Crippen LogP) is -1.76. The van der Waals surface area contributed by atoms with Gasteiger partial charge < -0.3 is 11.0 Å². The van der Waals surface area contributed by atoms with Gasteiger partial charge in [-0.15, -0.1) is 0 Å². The number of hydrogen-bond acceptors (Lipinski definition) is 0. The monoisotopic (exact) mass is 410 g/mol. The van der Waals surface area contributed by atoms with E-state index in [1.54, 1.807) is 0 Å². The van der Waals surface area contributed by atoms with Crippen molar-refractivity contribution in [1.29, 1.82) is 0 Å². The molecule has 0 aliphatic carbocycles. The molecule has 6 heteroatoms. The van der Waals surface area contributed by atoms with E-state index in [9.17, 15) is 0 Å². The summed E-state index contributed by atoms with van der Waals surface area (Å²) in [4.78, 5) is 0. The van der Waals surface area contributed by atoms with Crippen LogP contribution in [0.3, 0.4) is 0 Å². The van der Waals surface area contributed by atoms with E-state index < -0.39 is 0 Å². The summed E-state index contributed by atoms with van der Waals surface area (Å²) in [5.41, 5.74) is 0. The molecule has 0 fully saturated rings. The van der Waals surface area contributed by atoms with Crippen LogP contribution in [0, 0.1) is 0 Å². The Morgan fingerprint density at radius 1 is 0.833 bits per heavy atom. The molecule has 0 heterocycles. The van der Waals surface area contributed by atoms with Crippen LogP contribution >= 0.6 is 0 Å². The largest absolute Gasteiger partial charge is 4.00 e. The fourth-order valence-corrected chi connectivity index (χ4v) is 0. The molecule has 0 rings (SSSR count). The van der Waals surface area contributed by atoms with Crippen molar-refractivity contribution < 1.29 is 11.0 Å². The summed E-state index contributed by atoms with van der Waals surface area (Å²) in [6.07, 6.45) is 0. The molecule has 0 saturated heterocycles. The molecule has 0 aromatic heterocycles. The summed E-state index contributed by atoms with van der Waals surface area (Å²) < 4.78 is 0. The topological polar surface area (TPSA) is 57.0 Å². The van der Waals surface area contributed by atoms with Gasteiger partial charge in [0.2, 0.25) is 0 Å². The van der Waals surface area contributed by atoms with Gasteiger partial charge in [0.25, 0.3) is 0 Å². The zero-order chi connectivity index (χ0) is 0. The van der Waals surface area contributed by atoms with Gasteiger partial charge in [-0.1, -0.05) is 0 Å². The third-order valence-corrected chi connectivity index (χ3v) is 0. The van der Waals surface area contributed by atoms with Crippen molar-refractivity contribution in [3.05, 3.63) is 0 Å². The van der Waals surface area contributed by atoms with Gasteiger partial charge in [-0.25, -0.2) is 0 Å². The Bertz CT molecular complexity index is 13.5. The molecule has 10 radical (unpaired) electrons. The van der Waals surface area contributed by atoms with E-state index in [4.69, 9.17) is 0 Å². The molecule has 0 amide bonds. The summed E-state index contributed by atoms with van der Waals surface area (Å²) in [7, 11) is 0. The summed E-state index contributed by atoms with van der Waals surface area (Å²) in [5.74, 6) is 0. The molecule has 6 heavy (non-hydrogen) atoms. The zero-order valence-corrected chi connectivity index (χ0v) is 13.6. The molecule has 0 aromatic carbocycles. The van der Waals surface area contributed by atoms with Crippen molar-refractivity contribution in [2.75, 3.05) is 0 Å². The Kier molecular flexibility index (Phi) is 534. The number of hydrogen-bond donors (Lipinski definition) is 0. The third kappa shape index (κ3) is 29.4. The summed E-state index contributed by atoms with van der Waals surface area (Å²) in [5, 5.41) is 0. The van der Waals surface area contributed by atoms with Crippen molar-refractivity contribution in [2.24, 2.45) is 0 Å². The normalized spacial score (nSPS) is 0. The maximum Gasteiger partial charge on any atom is 4.00 e. The van der Waals surface area contributed by atoms with Crippen molar-refractivity contribution >= 4 is 87.1 Å². The molecular formula is GaGeInO2Sn. The van der Waals surface area contributed by atoms with Crippen LogP contribution in [0.1, 0.15) is 0 Å². The summed E-state index contributed by atoms with van der Waals surface area (Å²) in [6.45, 7) is 0. The van der Waals surface area contributed by atoms with Crippen molar-refractivity contribution in [3.8, 4) is 0 Å². The van der Waals surface area contributed by atoms with Gasteiger partial charge in [-0.3, -0.25) is 0 Å². The van der Waals surface area contributed by atoms with E-state index >= 15 is 0 Å². The van der Waals surface area contributed by atoms with Crippen LogP contribution in [-0.2, 0) is 11.0 Å². The van der Waals surface area contributed by atoms with Gasteiger partial charge in [0, 0.05) is 63.2 Å². The molecule has 2 nitrogen and oxygen atoms in total. The van der Waals surface area contributed by atoms with Crippen LogP contribution in [0.15, 0.2) is 0 Å². The Balaban J connectivity index is 0. The van der Waals surface area contributed by atoms with Crippen LogP contribution in [0.2, 0.25) is 0 Å². The average molecular weight is 408 g/mol. The van der Waals surface area contributed by atoms with Gasteiger partial charge in [0.1, 0.15) is 0 Å². The smallest absolute Gasteiger partial charge is 2.00 e. The maximum absolute atomic E-state index is 0. The first-order valence-corrected chi connectivity index (χ1v) is 0. The predicted molar refractivity (Wildman–Crippen MR) is 24.4 cm³/mol. The van der Waals surface area contributed by atoms with Gasteiger partial charge >= 0.3 is 23.9 Å². The third-order valence-electron chi connectivity index (χ3n) is 0.